The molecule has 6 nitrogen and oxygen atoms in total. The van der Waals surface area contributed by atoms with Crippen molar-refractivity contribution in [2.75, 3.05) is 18.0 Å². The Kier molecular flexibility index (Phi) is 3.47. The van der Waals surface area contributed by atoms with E-state index in [4.69, 9.17) is 5.73 Å². The van der Waals surface area contributed by atoms with Gasteiger partial charge in [-0.2, -0.15) is 0 Å². The first-order valence-electron chi connectivity index (χ1n) is 7.11. The second kappa shape index (κ2) is 5.29. The first-order valence-corrected chi connectivity index (χ1v) is 7.11. The standard InChI is InChI=1S/C15H18N4O2/c1-10-7-15(18-6-2-3-11(16)9-18)13-8-12(19(20)21)4-5-14(13)17-10/h4-5,7-8,11H,2-3,6,9,16H2,1H3/t11-/m1/s1. The zero-order valence-electron chi connectivity index (χ0n) is 12.0. The summed E-state index contributed by atoms with van der Waals surface area (Å²) in [6, 6.07) is 6.97. The largest absolute Gasteiger partial charge is 0.369 e. The average molecular weight is 286 g/mol. The second-order valence-corrected chi connectivity index (χ2v) is 5.59. The normalized spacial score (nSPS) is 19.0. The lowest BCUT2D eigenvalue weighted by molar-refractivity contribution is -0.384. The molecule has 110 valence electrons. The average Bonchev–Trinajstić information content (AvgIpc) is 2.45. The maximum atomic E-state index is 11.0. The van der Waals surface area contributed by atoms with Gasteiger partial charge >= 0.3 is 0 Å². The summed E-state index contributed by atoms with van der Waals surface area (Å²) in [5, 5.41) is 11.8. The molecule has 2 aromatic rings. The molecule has 1 atom stereocenters. The molecule has 0 bridgehead atoms. The summed E-state index contributed by atoms with van der Waals surface area (Å²) in [6.45, 7) is 3.64. The van der Waals surface area contributed by atoms with E-state index < -0.39 is 0 Å². The zero-order chi connectivity index (χ0) is 15.0. The van der Waals surface area contributed by atoms with E-state index >= 15 is 0 Å². The van der Waals surface area contributed by atoms with E-state index in [0.29, 0.717) is 0 Å². The Balaban J connectivity index is 2.14. The van der Waals surface area contributed by atoms with Crippen LogP contribution in [0.3, 0.4) is 0 Å². The van der Waals surface area contributed by atoms with Crippen molar-refractivity contribution in [3.05, 3.63) is 40.1 Å². The van der Waals surface area contributed by atoms with Crippen LogP contribution in [0, 0.1) is 17.0 Å². The van der Waals surface area contributed by atoms with Crippen LogP contribution in [0.25, 0.3) is 10.9 Å². The number of hydrogen-bond acceptors (Lipinski definition) is 5. The number of non-ortho nitro benzene ring substituents is 1. The van der Waals surface area contributed by atoms with E-state index in [2.05, 4.69) is 9.88 Å². The van der Waals surface area contributed by atoms with Gasteiger partial charge in [0.05, 0.1) is 10.4 Å². The fourth-order valence-electron chi connectivity index (χ4n) is 2.93. The van der Waals surface area contributed by atoms with E-state index in [1.165, 1.54) is 6.07 Å². The van der Waals surface area contributed by atoms with Crippen LogP contribution in [-0.4, -0.2) is 29.0 Å². The van der Waals surface area contributed by atoms with Crippen molar-refractivity contribution < 1.29 is 4.92 Å². The van der Waals surface area contributed by atoms with Crippen LogP contribution in [0.15, 0.2) is 24.3 Å². The molecule has 0 unspecified atom stereocenters. The fraction of sp³-hybridized carbons (Fsp3) is 0.400. The fourth-order valence-corrected chi connectivity index (χ4v) is 2.93. The van der Waals surface area contributed by atoms with Crippen LogP contribution in [0.1, 0.15) is 18.5 Å². The third kappa shape index (κ3) is 2.67. The summed E-state index contributed by atoms with van der Waals surface area (Å²) in [5.74, 6) is 0. The van der Waals surface area contributed by atoms with Crippen molar-refractivity contribution in [3.63, 3.8) is 0 Å². The molecule has 2 N–H and O–H groups in total. The van der Waals surface area contributed by atoms with E-state index in [0.717, 1.165) is 48.2 Å². The van der Waals surface area contributed by atoms with Crippen molar-refractivity contribution in [1.29, 1.82) is 0 Å². The number of nitrogens with two attached hydrogens (primary N) is 1. The minimum atomic E-state index is -0.370. The molecule has 1 aromatic carbocycles. The number of benzene rings is 1. The van der Waals surface area contributed by atoms with Gasteiger partial charge < -0.3 is 10.6 Å². The Bertz CT molecular complexity index is 701. The molecule has 1 saturated heterocycles. The molecule has 0 spiro atoms. The molecular weight excluding hydrogens is 268 g/mol. The molecule has 0 saturated carbocycles. The van der Waals surface area contributed by atoms with Crippen molar-refractivity contribution in [3.8, 4) is 0 Å². The van der Waals surface area contributed by atoms with Gasteiger partial charge in [0.15, 0.2) is 0 Å². The van der Waals surface area contributed by atoms with E-state index in [1.54, 1.807) is 12.1 Å². The topological polar surface area (TPSA) is 85.3 Å². The highest BCUT2D eigenvalue weighted by atomic mass is 16.6. The first-order chi connectivity index (χ1) is 10.0. The number of fused-ring (bicyclic) bond motifs is 1. The van der Waals surface area contributed by atoms with Crippen LogP contribution >= 0.6 is 0 Å². The number of anilines is 1. The number of hydrogen-bond donors (Lipinski definition) is 1. The number of nitrogens with zero attached hydrogens (tertiary/aromatic N) is 3. The molecule has 0 radical (unpaired) electrons. The molecule has 1 fully saturated rings. The molecule has 21 heavy (non-hydrogen) atoms. The number of piperidine rings is 1. The van der Waals surface area contributed by atoms with Gasteiger partial charge in [-0.15, -0.1) is 0 Å². The van der Waals surface area contributed by atoms with Crippen molar-refractivity contribution in [2.45, 2.75) is 25.8 Å². The summed E-state index contributed by atoms with van der Waals surface area (Å²) >= 11 is 0. The molecule has 0 amide bonds. The maximum absolute atomic E-state index is 11.0. The summed E-state index contributed by atoms with van der Waals surface area (Å²) in [4.78, 5) is 17.3. The number of nitro benzene ring substituents is 1. The van der Waals surface area contributed by atoms with Gasteiger partial charge in [-0.1, -0.05) is 0 Å². The number of nitro groups is 1. The summed E-state index contributed by atoms with van der Waals surface area (Å²) in [6.07, 6.45) is 2.07. The van der Waals surface area contributed by atoms with Crippen LogP contribution in [-0.2, 0) is 0 Å². The van der Waals surface area contributed by atoms with Gasteiger partial charge in [0.2, 0.25) is 0 Å². The highest BCUT2D eigenvalue weighted by Gasteiger charge is 2.20. The van der Waals surface area contributed by atoms with Gasteiger partial charge in [-0.25, -0.2) is 0 Å². The molecule has 6 heteroatoms. The van der Waals surface area contributed by atoms with Gasteiger partial charge in [0, 0.05) is 48.0 Å². The lowest BCUT2D eigenvalue weighted by Crippen LogP contribution is -2.43. The zero-order valence-corrected chi connectivity index (χ0v) is 12.0. The third-order valence-electron chi connectivity index (χ3n) is 3.91. The minimum Gasteiger partial charge on any atom is -0.369 e. The third-order valence-corrected chi connectivity index (χ3v) is 3.91. The summed E-state index contributed by atoms with van der Waals surface area (Å²) < 4.78 is 0. The van der Waals surface area contributed by atoms with E-state index in [9.17, 15) is 10.1 Å². The molecular formula is C15H18N4O2. The smallest absolute Gasteiger partial charge is 0.270 e. The Morgan fingerprint density at radius 3 is 2.95 bits per heavy atom. The van der Waals surface area contributed by atoms with Crippen LogP contribution in [0.2, 0.25) is 0 Å². The van der Waals surface area contributed by atoms with Crippen molar-refractivity contribution in [2.24, 2.45) is 5.73 Å². The molecule has 2 heterocycles. The highest BCUT2D eigenvalue weighted by Crippen LogP contribution is 2.31. The van der Waals surface area contributed by atoms with Crippen LogP contribution < -0.4 is 10.6 Å². The lowest BCUT2D eigenvalue weighted by atomic mass is 10.0. The van der Waals surface area contributed by atoms with Gasteiger partial charge in [-0.3, -0.25) is 15.1 Å². The maximum Gasteiger partial charge on any atom is 0.270 e. The van der Waals surface area contributed by atoms with Gasteiger partial charge in [0.1, 0.15) is 0 Å². The summed E-state index contributed by atoms with van der Waals surface area (Å²) in [5.41, 5.74) is 8.84. The predicted octanol–water partition coefficient (Wildman–Crippen LogP) is 2.38. The molecule has 0 aliphatic carbocycles. The number of aromatic nitrogens is 1. The van der Waals surface area contributed by atoms with Crippen LogP contribution in [0.5, 0.6) is 0 Å². The van der Waals surface area contributed by atoms with Crippen molar-refractivity contribution >= 4 is 22.3 Å². The number of rotatable bonds is 2. The molecule has 1 aliphatic rings. The Hall–Kier alpha value is -2.21. The summed E-state index contributed by atoms with van der Waals surface area (Å²) in [7, 11) is 0. The second-order valence-electron chi connectivity index (χ2n) is 5.59. The monoisotopic (exact) mass is 286 g/mol. The van der Waals surface area contributed by atoms with E-state index in [-0.39, 0.29) is 16.7 Å². The SMILES string of the molecule is Cc1cc(N2CCC[C@@H](N)C2)c2cc([N+](=O)[O-])ccc2n1. The van der Waals surface area contributed by atoms with Gasteiger partial charge in [0.25, 0.3) is 5.69 Å². The molecule has 1 aromatic heterocycles. The van der Waals surface area contributed by atoms with Gasteiger partial charge in [-0.05, 0) is 31.9 Å². The Morgan fingerprint density at radius 1 is 1.43 bits per heavy atom. The number of pyridine rings is 1. The molecule has 1 aliphatic heterocycles. The van der Waals surface area contributed by atoms with Crippen molar-refractivity contribution in [1.82, 2.24) is 4.98 Å². The quantitative estimate of drug-likeness (QED) is 0.676. The first kappa shape index (κ1) is 13.8. The van der Waals surface area contributed by atoms with Crippen LogP contribution in [0.4, 0.5) is 11.4 Å². The minimum absolute atomic E-state index is 0.0933. The molecule has 3 rings (SSSR count). The lowest BCUT2D eigenvalue weighted by Gasteiger charge is -2.33. The predicted molar refractivity (Wildman–Crippen MR) is 82.6 cm³/mol. The highest BCUT2D eigenvalue weighted by molar-refractivity contribution is 5.93. The Morgan fingerprint density at radius 2 is 2.24 bits per heavy atom. The number of aryl methyl sites for hydroxylation is 1. The Labute approximate surface area is 122 Å². The van der Waals surface area contributed by atoms with E-state index in [1.807, 2.05) is 13.0 Å².